The van der Waals surface area contributed by atoms with E-state index < -0.39 is 0 Å². The molecule has 0 unspecified atom stereocenters. The highest BCUT2D eigenvalue weighted by Gasteiger charge is 2.15. The quantitative estimate of drug-likeness (QED) is 0.500. The summed E-state index contributed by atoms with van der Waals surface area (Å²) in [4.78, 5) is 13.2. The Kier molecular flexibility index (Phi) is 6.67. The molecule has 0 saturated carbocycles. The number of rotatable bonds is 7. The molecule has 0 saturated heterocycles. The van der Waals surface area contributed by atoms with Crippen molar-refractivity contribution < 1.29 is 5.11 Å². The molecule has 0 spiro atoms. The van der Waals surface area contributed by atoms with Crippen molar-refractivity contribution in [2.45, 2.75) is 19.9 Å². The summed E-state index contributed by atoms with van der Waals surface area (Å²) in [6, 6.07) is 10.6. The van der Waals surface area contributed by atoms with Crippen molar-refractivity contribution in [1.82, 2.24) is 15.0 Å². The van der Waals surface area contributed by atoms with Crippen LogP contribution in [0.4, 0.5) is 17.5 Å². The summed E-state index contributed by atoms with van der Waals surface area (Å²) in [6.45, 7) is 4.02. The Morgan fingerprint density at radius 2 is 1.68 bits per heavy atom. The molecule has 3 N–H and O–H groups in total. The SMILES string of the molecule is CC(C)[C@H](CO)Nc1nc(Nc2cc(Cl)cc(Cl)c2)cc(-c2ccncc2)n1. The van der Waals surface area contributed by atoms with Crippen LogP contribution in [0.25, 0.3) is 11.3 Å². The fourth-order valence-electron chi connectivity index (χ4n) is 2.61. The molecular formula is C20H21Cl2N5O. The number of nitrogens with zero attached hydrogens (tertiary/aromatic N) is 3. The van der Waals surface area contributed by atoms with Crippen LogP contribution in [-0.4, -0.2) is 32.7 Å². The van der Waals surface area contributed by atoms with Gasteiger partial charge in [0.2, 0.25) is 5.95 Å². The first-order valence-corrected chi connectivity index (χ1v) is 9.60. The molecule has 28 heavy (non-hydrogen) atoms. The van der Waals surface area contributed by atoms with Crippen molar-refractivity contribution in [3.63, 3.8) is 0 Å². The third-order valence-electron chi connectivity index (χ3n) is 4.15. The molecule has 1 aromatic carbocycles. The molecule has 146 valence electrons. The lowest BCUT2D eigenvalue weighted by atomic mass is 10.1. The fourth-order valence-corrected chi connectivity index (χ4v) is 3.14. The molecule has 3 aromatic rings. The fraction of sp³-hybridized carbons (Fsp3) is 0.250. The van der Waals surface area contributed by atoms with Gasteiger partial charge in [0.15, 0.2) is 0 Å². The highest BCUT2D eigenvalue weighted by atomic mass is 35.5. The monoisotopic (exact) mass is 417 g/mol. The molecule has 0 bridgehead atoms. The van der Waals surface area contributed by atoms with Gasteiger partial charge in [-0.1, -0.05) is 37.0 Å². The van der Waals surface area contributed by atoms with Gasteiger partial charge in [-0.05, 0) is 36.2 Å². The molecule has 0 aliphatic heterocycles. The van der Waals surface area contributed by atoms with Gasteiger partial charge in [0.25, 0.3) is 0 Å². The maximum atomic E-state index is 9.64. The summed E-state index contributed by atoms with van der Waals surface area (Å²) in [5, 5.41) is 17.1. The Hall–Kier alpha value is -2.41. The molecule has 1 atom stereocenters. The second-order valence-electron chi connectivity index (χ2n) is 6.66. The molecule has 8 heteroatoms. The normalized spacial score (nSPS) is 12.1. The predicted octanol–water partition coefficient (Wildman–Crippen LogP) is 5.02. The van der Waals surface area contributed by atoms with Crippen molar-refractivity contribution >= 4 is 40.7 Å². The van der Waals surface area contributed by atoms with Gasteiger partial charge in [-0.15, -0.1) is 0 Å². The zero-order valence-electron chi connectivity index (χ0n) is 15.5. The van der Waals surface area contributed by atoms with E-state index in [1.165, 1.54) is 0 Å². The van der Waals surface area contributed by atoms with Gasteiger partial charge < -0.3 is 15.7 Å². The van der Waals surface area contributed by atoms with Crippen LogP contribution in [0.3, 0.4) is 0 Å². The number of aliphatic hydroxyl groups excluding tert-OH is 1. The topological polar surface area (TPSA) is 83.0 Å². The van der Waals surface area contributed by atoms with Gasteiger partial charge in [-0.25, -0.2) is 4.98 Å². The van der Waals surface area contributed by atoms with Crippen molar-refractivity contribution in [3.8, 4) is 11.3 Å². The number of hydrogen-bond donors (Lipinski definition) is 3. The summed E-state index contributed by atoms with van der Waals surface area (Å²) in [6.07, 6.45) is 3.41. The molecule has 6 nitrogen and oxygen atoms in total. The number of halogens is 2. The number of nitrogens with one attached hydrogen (secondary N) is 2. The zero-order chi connectivity index (χ0) is 20.1. The Balaban J connectivity index is 1.99. The van der Waals surface area contributed by atoms with E-state index in [1.807, 2.05) is 32.0 Å². The van der Waals surface area contributed by atoms with Gasteiger partial charge >= 0.3 is 0 Å². The maximum absolute atomic E-state index is 9.64. The van der Waals surface area contributed by atoms with Crippen LogP contribution in [-0.2, 0) is 0 Å². The standard InChI is InChI=1S/C20H21Cl2N5O/c1-12(2)18(11-28)26-20-25-17(13-3-5-23-6-4-13)10-19(27-20)24-16-8-14(21)7-15(22)9-16/h3-10,12,18,28H,11H2,1-2H3,(H2,24,25,26,27)/t18-/m0/s1. The molecule has 0 radical (unpaired) electrons. The molecule has 0 aliphatic rings. The first kappa shape index (κ1) is 20.3. The largest absolute Gasteiger partial charge is 0.394 e. The van der Waals surface area contributed by atoms with Crippen LogP contribution in [0.15, 0.2) is 48.8 Å². The summed E-state index contributed by atoms with van der Waals surface area (Å²) in [7, 11) is 0. The number of anilines is 3. The van der Waals surface area contributed by atoms with E-state index in [2.05, 4.69) is 25.6 Å². The van der Waals surface area contributed by atoms with E-state index in [-0.39, 0.29) is 18.6 Å². The highest BCUT2D eigenvalue weighted by Crippen LogP contribution is 2.27. The highest BCUT2D eigenvalue weighted by molar-refractivity contribution is 6.35. The average Bonchev–Trinajstić information content (AvgIpc) is 2.65. The summed E-state index contributed by atoms with van der Waals surface area (Å²) in [5.41, 5.74) is 2.33. The van der Waals surface area contributed by atoms with Crippen LogP contribution < -0.4 is 10.6 Å². The van der Waals surface area contributed by atoms with E-state index in [4.69, 9.17) is 23.2 Å². The summed E-state index contributed by atoms with van der Waals surface area (Å²) in [5.74, 6) is 1.20. The van der Waals surface area contributed by atoms with Crippen molar-refractivity contribution in [3.05, 3.63) is 58.8 Å². The first-order chi connectivity index (χ1) is 13.4. The zero-order valence-corrected chi connectivity index (χ0v) is 17.0. The van der Waals surface area contributed by atoms with Crippen LogP contribution in [0.1, 0.15) is 13.8 Å². The number of benzene rings is 1. The van der Waals surface area contributed by atoms with Crippen LogP contribution in [0.5, 0.6) is 0 Å². The molecule has 3 rings (SSSR count). The van der Waals surface area contributed by atoms with Gasteiger partial charge in [-0.2, -0.15) is 4.98 Å². The minimum absolute atomic E-state index is 0.0207. The Morgan fingerprint density at radius 3 is 2.29 bits per heavy atom. The van der Waals surface area contributed by atoms with E-state index >= 15 is 0 Å². The van der Waals surface area contributed by atoms with Crippen LogP contribution >= 0.6 is 23.2 Å². The molecule has 0 aliphatic carbocycles. The van der Waals surface area contributed by atoms with Crippen molar-refractivity contribution in [1.29, 1.82) is 0 Å². The Morgan fingerprint density at radius 1 is 1.00 bits per heavy atom. The number of aliphatic hydroxyl groups is 1. The second-order valence-corrected chi connectivity index (χ2v) is 7.53. The molecule has 2 heterocycles. The van der Waals surface area contributed by atoms with Crippen molar-refractivity contribution in [2.24, 2.45) is 5.92 Å². The molecule has 0 amide bonds. The Bertz CT molecular complexity index is 917. The van der Waals surface area contributed by atoms with Crippen LogP contribution in [0, 0.1) is 5.92 Å². The van der Waals surface area contributed by atoms with Crippen molar-refractivity contribution in [2.75, 3.05) is 17.2 Å². The summed E-state index contributed by atoms with van der Waals surface area (Å²) < 4.78 is 0. The number of hydrogen-bond acceptors (Lipinski definition) is 6. The average molecular weight is 418 g/mol. The van der Waals surface area contributed by atoms with Gasteiger partial charge in [-0.3, -0.25) is 4.98 Å². The summed E-state index contributed by atoms with van der Waals surface area (Å²) >= 11 is 12.2. The van der Waals surface area contributed by atoms with E-state index in [0.29, 0.717) is 27.5 Å². The van der Waals surface area contributed by atoms with E-state index in [9.17, 15) is 5.11 Å². The van der Waals surface area contributed by atoms with Crippen LogP contribution in [0.2, 0.25) is 10.0 Å². The lowest BCUT2D eigenvalue weighted by Crippen LogP contribution is -2.30. The molecule has 2 aromatic heterocycles. The second kappa shape index (κ2) is 9.19. The maximum Gasteiger partial charge on any atom is 0.225 e. The minimum Gasteiger partial charge on any atom is -0.394 e. The van der Waals surface area contributed by atoms with E-state index in [0.717, 1.165) is 11.3 Å². The molecule has 0 fully saturated rings. The number of pyridine rings is 1. The lowest BCUT2D eigenvalue weighted by molar-refractivity contribution is 0.248. The van der Waals surface area contributed by atoms with Gasteiger partial charge in [0, 0.05) is 39.8 Å². The first-order valence-electron chi connectivity index (χ1n) is 8.84. The molecular weight excluding hydrogens is 397 g/mol. The third-order valence-corrected chi connectivity index (χ3v) is 4.59. The van der Waals surface area contributed by atoms with Gasteiger partial charge in [0.05, 0.1) is 18.3 Å². The number of aromatic nitrogens is 3. The lowest BCUT2D eigenvalue weighted by Gasteiger charge is -2.20. The Labute approximate surface area is 174 Å². The third kappa shape index (κ3) is 5.32. The smallest absolute Gasteiger partial charge is 0.225 e. The van der Waals surface area contributed by atoms with E-state index in [1.54, 1.807) is 30.6 Å². The van der Waals surface area contributed by atoms with Gasteiger partial charge in [0.1, 0.15) is 5.82 Å². The minimum atomic E-state index is -0.166. The predicted molar refractivity (Wildman–Crippen MR) is 114 cm³/mol.